The van der Waals surface area contributed by atoms with E-state index in [2.05, 4.69) is 51.9 Å². The zero-order valence-corrected chi connectivity index (χ0v) is 16.6. The van der Waals surface area contributed by atoms with Crippen LogP contribution in [0.15, 0.2) is 25.3 Å². The zero-order valence-electron chi connectivity index (χ0n) is 8.29. The molecule has 0 unspecified atom stereocenters. The van der Waals surface area contributed by atoms with E-state index in [1.165, 1.54) is 36.3 Å². The Morgan fingerprint density at radius 1 is 1.00 bits per heavy atom. The molecule has 0 atom stereocenters. The monoisotopic (exact) mass is 667 g/mol. The Kier molecular flexibility index (Phi) is 27.2. The molecule has 0 aromatic heterocycles. The number of allylic oxidation sites excluding steroid dienone is 2. The van der Waals surface area contributed by atoms with Crippen molar-refractivity contribution in [1.82, 2.24) is 0 Å². The van der Waals surface area contributed by atoms with Crippen LogP contribution in [0.25, 0.3) is 0 Å². The maximum absolute atomic E-state index is 3.70. The molecule has 4 heteroatoms. The molecule has 0 radical (unpaired) electrons. The van der Waals surface area contributed by atoms with Crippen LogP contribution in [-0.2, 0) is 11.2 Å². The summed E-state index contributed by atoms with van der Waals surface area (Å²) in [5, 5.41) is 2.85. The molecule has 0 fully saturated rings. The molecule has 0 nitrogen and oxygen atoms in total. The van der Waals surface area contributed by atoms with Crippen LogP contribution in [0.2, 0.25) is 10.6 Å². The van der Waals surface area contributed by atoms with Crippen molar-refractivity contribution in [3.05, 3.63) is 25.3 Å². The normalized spacial score (nSPS) is 9.00. The second-order valence-corrected chi connectivity index (χ2v) is 21.7. The van der Waals surface area contributed by atoms with Gasteiger partial charge in [-0.05, 0) is 0 Å². The predicted octanol–water partition coefficient (Wildman–Crippen LogP) is 5.23. The first kappa shape index (κ1) is 18.5. The first-order valence-electron chi connectivity index (χ1n) is 4.45. The van der Waals surface area contributed by atoms with E-state index in [1.807, 2.05) is 12.2 Å². The summed E-state index contributed by atoms with van der Waals surface area (Å²) >= 11 is 6.18. The van der Waals surface area contributed by atoms with Gasteiger partial charge in [0, 0.05) is 0 Å². The molecule has 0 saturated heterocycles. The van der Waals surface area contributed by atoms with Crippen molar-refractivity contribution in [2.24, 2.45) is 0 Å². The van der Waals surface area contributed by atoms with Gasteiger partial charge in [0.15, 0.2) is 0 Å². The third-order valence-corrected chi connectivity index (χ3v) is 3.82. The van der Waals surface area contributed by atoms with Crippen LogP contribution >= 0.6 is 38.7 Å². The molecule has 0 saturated carbocycles. The van der Waals surface area contributed by atoms with Crippen LogP contribution in [-0.4, -0.2) is 15.0 Å². The number of halogens is 2. The van der Waals surface area contributed by atoms with Gasteiger partial charge in [-0.1, -0.05) is 0 Å². The summed E-state index contributed by atoms with van der Waals surface area (Å²) in [6.07, 6.45) is 9.11. The number of rotatable bonds is 8. The average Bonchev–Trinajstić information content (AvgIpc) is 2.18. The molecule has 0 bridgehead atoms. The Labute approximate surface area is 124 Å². The summed E-state index contributed by atoms with van der Waals surface area (Å²) in [6.45, 7) is 7.40. The van der Waals surface area contributed by atoms with Crippen molar-refractivity contribution < 1.29 is 11.2 Å². The summed E-state index contributed by atoms with van der Waals surface area (Å²) < 4.78 is 0. The van der Waals surface area contributed by atoms with Crippen molar-refractivity contribution in [3.63, 3.8) is 0 Å². The molecule has 88 valence electrons. The van der Waals surface area contributed by atoms with E-state index in [-0.39, 0.29) is 0 Å². The van der Waals surface area contributed by atoms with Gasteiger partial charge < -0.3 is 0 Å². The molecule has 0 rings (SSSR count). The molecule has 0 amide bonds. The van der Waals surface area contributed by atoms with Gasteiger partial charge in [-0.25, -0.2) is 0 Å². The quantitative estimate of drug-likeness (QED) is 0.144. The van der Waals surface area contributed by atoms with Crippen LogP contribution in [0.3, 0.4) is 0 Å². The van der Waals surface area contributed by atoms with Crippen LogP contribution in [0.4, 0.5) is 0 Å². The molecule has 0 aliphatic rings. The van der Waals surface area contributed by atoms with Crippen LogP contribution in [0, 0.1) is 0 Å². The van der Waals surface area contributed by atoms with Gasteiger partial charge in [-0.3, -0.25) is 0 Å². The first-order chi connectivity index (χ1) is 6.83. The zero-order chi connectivity index (χ0) is 11.1. The fourth-order valence-corrected chi connectivity index (χ4v) is 2.75. The van der Waals surface area contributed by atoms with Crippen LogP contribution < -0.4 is 0 Å². The van der Waals surface area contributed by atoms with E-state index in [4.69, 9.17) is 0 Å². The topological polar surface area (TPSA) is 0 Å². The standard InChI is InChI=1S/C10H18Se.2HI.Pt/c1-3-5-7-9-11-10-8-6-4-2;;;/h3-4H,1-2,5-10H2;2*1H;/q;;;+2/p-2. The Balaban J connectivity index is 0. The molecule has 0 aliphatic carbocycles. The van der Waals surface area contributed by atoms with Gasteiger partial charge in [-0.15, -0.1) is 0 Å². The van der Waals surface area contributed by atoms with Crippen molar-refractivity contribution in [2.45, 2.75) is 36.3 Å². The van der Waals surface area contributed by atoms with E-state index in [1.54, 1.807) is 0 Å². The first-order valence-corrected chi connectivity index (χ1v) is 19.8. The SMILES string of the molecule is C=CCCC[Se]CCCC=C.[I][Pt][I]. The average molecular weight is 666 g/mol. The molecule has 0 aliphatic heterocycles. The Hall–Kier alpha value is 2.15. The second kappa shape index (κ2) is 20.5. The summed E-state index contributed by atoms with van der Waals surface area (Å²) in [5.41, 5.74) is 0. The summed E-state index contributed by atoms with van der Waals surface area (Å²) in [4.78, 5) is 0. The fourth-order valence-electron chi connectivity index (χ4n) is 0.762. The Morgan fingerprint density at radius 2 is 1.36 bits per heavy atom. The van der Waals surface area contributed by atoms with Gasteiger partial charge >= 0.3 is 126 Å². The van der Waals surface area contributed by atoms with E-state index < -0.39 is 0 Å². The van der Waals surface area contributed by atoms with Gasteiger partial charge in [0.25, 0.3) is 0 Å². The van der Waals surface area contributed by atoms with Gasteiger partial charge in [0.1, 0.15) is 0 Å². The molecule has 0 heterocycles. The molecular weight excluding hydrogens is 648 g/mol. The molecular formula is C10H18I2PtSe. The third kappa shape index (κ3) is 23.7. The summed E-state index contributed by atoms with van der Waals surface area (Å²) in [6, 6.07) is 0. The van der Waals surface area contributed by atoms with Crippen molar-refractivity contribution >= 4 is 53.7 Å². The van der Waals surface area contributed by atoms with E-state index >= 15 is 0 Å². The molecule has 0 N–H and O–H groups in total. The van der Waals surface area contributed by atoms with Crippen molar-refractivity contribution in [1.29, 1.82) is 0 Å². The van der Waals surface area contributed by atoms with Crippen LogP contribution in [0.5, 0.6) is 0 Å². The Morgan fingerprint density at radius 3 is 1.64 bits per heavy atom. The second-order valence-electron chi connectivity index (χ2n) is 2.52. The predicted molar refractivity (Wildman–Crippen MR) is 82.3 cm³/mol. The summed E-state index contributed by atoms with van der Waals surface area (Å²) in [5.74, 6) is 0. The van der Waals surface area contributed by atoms with Crippen molar-refractivity contribution in [3.8, 4) is 0 Å². The minimum absolute atomic E-state index is 0.523. The Bertz CT molecular complexity index is 109. The van der Waals surface area contributed by atoms with Crippen LogP contribution in [0.1, 0.15) is 25.7 Å². The molecule has 14 heavy (non-hydrogen) atoms. The minimum atomic E-state index is 0.523. The van der Waals surface area contributed by atoms with Gasteiger partial charge in [-0.2, -0.15) is 0 Å². The third-order valence-electron chi connectivity index (χ3n) is 1.39. The van der Waals surface area contributed by atoms with E-state index in [0.29, 0.717) is 11.2 Å². The number of hydrogen-bond acceptors (Lipinski definition) is 0. The number of hydrogen-bond donors (Lipinski definition) is 0. The van der Waals surface area contributed by atoms with E-state index in [0.717, 1.165) is 15.0 Å². The fraction of sp³-hybridized carbons (Fsp3) is 0.600. The summed E-state index contributed by atoms with van der Waals surface area (Å²) in [7, 11) is 0. The van der Waals surface area contributed by atoms with Crippen molar-refractivity contribution in [2.75, 3.05) is 0 Å². The molecule has 0 aromatic rings. The number of unbranched alkanes of at least 4 members (excludes halogenated alkanes) is 2. The van der Waals surface area contributed by atoms with Gasteiger partial charge in [0.05, 0.1) is 0 Å². The molecule has 0 spiro atoms. The maximum atomic E-state index is 3.70. The van der Waals surface area contributed by atoms with E-state index in [9.17, 15) is 0 Å². The van der Waals surface area contributed by atoms with Gasteiger partial charge in [0.2, 0.25) is 0 Å². The molecule has 0 aromatic carbocycles.